The Hall–Kier alpha value is -1.35. The van der Waals surface area contributed by atoms with Gasteiger partial charge in [-0.15, -0.1) is 0 Å². The first-order valence-electron chi connectivity index (χ1n) is 7.31. The molecule has 1 aromatic heterocycles. The summed E-state index contributed by atoms with van der Waals surface area (Å²) in [5.74, 6) is -0.161. The van der Waals surface area contributed by atoms with Gasteiger partial charge in [0.05, 0.1) is 0 Å². The summed E-state index contributed by atoms with van der Waals surface area (Å²) in [6.07, 6.45) is 8.81. The molecule has 102 valence electrons. The zero-order chi connectivity index (χ0) is 13.1. The van der Waals surface area contributed by atoms with E-state index >= 15 is 0 Å². The molecule has 1 N–H and O–H groups in total. The van der Waals surface area contributed by atoms with Gasteiger partial charge in [0.15, 0.2) is 0 Å². The molecule has 0 amide bonds. The summed E-state index contributed by atoms with van der Waals surface area (Å²) in [4.78, 5) is 0. The van der Waals surface area contributed by atoms with Gasteiger partial charge in [-0.25, -0.2) is 4.39 Å². The number of nitrogens with one attached hydrogen (secondary N) is 1. The van der Waals surface area contributed by atoms with Gasteiger partial charge in [-0.05, 0) is 37.1 Å². The Labute approximate surface area is 113 Å². The van der Waals surface area contributed by atoms with E-state index in [2.05, 4.69) is 9.88 Å². The Kier molecular flexibility index (Phi) is 3.83. The Morgan fingerprint density at radius 2 is 2.00 bits per heavy atom. The molecule has 1 aliphatic carbocycles. The maximum absolute atomic E-state index is 13.1. The summed E-state index contributed by atoms with van der Waals surface area (Å²) in [7, 11) is 0. The van der Waals surface area contributed by atoms with E-state index < -0.39 is 0 Å². The van der Waals surface area contributed by atoms with Crippen molar-refractivity contribution in [2.75, 3.05) is 6.54 Å². The monoisotopic (exact) mass is 260 g/mol. The number of halogens is 1. The normalized spacial score (nSPS) is 17.1. The van der Waals surface area contributed by atoms with Crippen LogP contribution in [0.25, 0.3) is 10.9 Å². The number of aromatic nitrogens is 1. The third kappa shape index (κ3) is 2.98. The molecule has 0 saturated heterocycles. The number of hydrogen-bond acceptors (Lipinski definition) is 1. The highest BCUT2D eigenvalue weighted by Gasteiger charge is 2.12. The van der Waals surface area contributed by atoms with Crippen LogP contribution in [0, 0.1) is 5.82 Å². The van der Waals surface area contributed by atoms with Gasteiger partial charge in [0.1, 0.15) is 5.82 Å². The lowest BCUT2D eigenvalue weighted by atomic mass is 9.95. The minimum absolute atomic E-state index is 0.161. The minimum Gasteiger partial charge on any atom is -0.346 e. The molecule has 0 spiro atoms. The second-order valence-corrected chi connectivity index (χ2v) is 5.50. The zero-order valence-electron chi connectivity index (χ0n) is 11.2. The quantitative estimate of drug-likeness (QED) is 0.887. The van der Waals surface area contributed by atoms with Crippen molar-refractivity contribution in [2.45, 2.75) is 44.7 Å². The molecule has 0 bridgehead atoms. The lowest BCUT2D eigenvalue weighted by Crippen LogP contribution is -2.33. The van der Waals surface area contributed by atoms with E-state index in [1.165, 1.54) is 38.2 Å². The van der Waals surface area contributed by atoms with E-state index in [-0.39, 0.29) is 5.82 Å². The molecule has 1 fully saturated rings. The van der Waals surface area contributed by atoms with Gasteiger partial charge in [-0.1, -0.05) is 19.3 Å². The minimum atomic E-state index is -0.161. The van der Waals surface area contributed by atoms with Crippen LogP contribution in [0.5, 0.6) is 0 Å². The van der Waals surface area contributed by atoms with Crippen LogP contribution >= 0.6 is 0 Å². The molecular formula is C16H21FN2. The molecule has 0 atom stereocenters. The lowest BCUT2D eigenvalue weighted by molar-refractivity contribution is 0.369. The standard InChI is InChI=1S/C16H21FN2/c17-14-6-7-16-13(12-14)8-10-19(16)11-9-18-15-4-2-1-3-5-15/h6-8,10,12,15,18H,1-5,9,11H2. The summed E-state index contributed by atoms with van der Waals surface area (Å²) in [5.41, 5.74) is 1.12. The molecule has 0 unspecified atom stereocenters. The van der Waals surface area contributed by atoms with Gasteiger partial charge in [0.25, 0.3) is 0 Å². The average molecular weight is 260 g/mol. The van der Waals surface area contributed by atoms with Crippen molar-refractivity contribution in [3.63, 3.8) is 0 Å². The second-order valence-electron chi connectivity index (χ2n) is 5.50. The SMILES string of the molecule is Fc1ccc2c(ccn2CCNC2CCCCC2)c1. The van der Waals surface area contributed by atoms with Gasteiger partial charge in [0, 0.05) is 36.2 Å². The van der Waals surface area contributed by atoms with Crippen molar-refractivity contribution in [1.82, 2.24) is 9.88 Å². The van der Waals surface area contributed by atoms with E-state index in [1.54, 1.807) is 6.07 Å². The first-order valence-corrected chi connectivity index (χ1v) is 7.31. The van der Waals surface area contributed by atoms with Crippen LogP contribution in [0.4, 0.5) is 4.39 Å². The van der Waals surface area contributed by atoms with Gasteiger partial charge in [-0.3, -0.25) is 0 Å². The van der Waals surface area contributed by atoms with Crippen LogP contribution in [-0.4, -0.2) is 17.2 Å². The topological polar surface area (TPSA) is 17.0 Å². The van der Waals surface area contributed by atoms with E-state index in [4.69, 9.17) is 0 Å². The Balaban J connectivity index is 1.59. The summed E-state index contributed by atoms with van der Waals surface area (Å²) in [5, 5.41) is 4.62. The van der Waals surface area contributed by atoms with E-state index in [0.717, 1.165) is 24.0 Å². The molecule has 2 nitrogen and oxygen atoms in total. The molecule has 3 rings (SSSR count). The van der Waals surface area contributed by atoms with Crippen molar-refractivity contribution in [2.24, 2.45) is 0 Å². The number of hydrogen-bond donors (Lipinski definition) is 1. The summed E-state index contributed by atoms with van der Waals surface area (Å²) >= 11 is 0. The maximum atomic E-state index is 13.1. The first-order chi connectivity index (χ1) is 9.33. The van der Waals surface area contributed by atoms with Crippen molar-refractivity contribution >= 4 is 10.9 Å². The second kappa shape index (κ2) is 5.74. The molecular weight excluding hydrogens is 239 g/mol. The van der Waals surface area contributed by atoms with Crippen LogP contribution in [-0.2, 0) is 6.54 Å². The first kappa shape index (κ1) is 12.7. The van der Waals surface area contributed by atoms with Crippen molar-refractivity contribution in [3.05, 3.63) is 36.3 Å². The number of rotatable bonds is 4. The Bertz CT molecular complexity index is 541. The van der Waals surface area contributed by atoms with Crippen molar-refractivity contribution in [3.8, 4) is 0 Å². The molecule has 1 heterocycles. The number of nitrogens with zero attached hydrogens (tertiary/aromatic N) is 1. The molecule has 0 aliphatic heterocycles. The fraction of sp³-hybridized carbons (Fsp3) is 0.500. The maximum Gasteiger partial charge on any atom is 0.123 e. The van der Waals surface area contributed by atoms with E-state index in [9.17, 15) is 4.39 Å². The van der Waals surface area contributed by atoms with Gasteiger partial charge in [0.2, 0.25) is 0 Å². The van der Waals surface area contributed by atoms with Crippen LogP contribution < -0.4 is 5.32 Å². The average Bonchev–Trinajstić information content (AvgIpc) is 2.82. The van der Waals surface area contributed by atoms with E-state index in [1.807, 2.05) is 18.3 Å². The molecule has 1 saturated carbocycles. The van der Waals surface area contributed by atoms with Crippen molar-refractivity contribution in [1.29, 1.82) is 0 Å². The fourth-order valence-corrected chi connectivity index (χ4v) is 3.06. The summed E-state index contributed by atoms with van der Waals surface area (Å²) in [6, 6.07) is 7.69. The van der Waals surface area contributed by atoms with E-state index in [0.29, 0.717) is 6.04 Å². The summed E-state index contributed by atoms with van der Waals surface area (Å²) < 4.78 is 15.3. The van der Waals surface area contributed by atoms with Gasteiger partial charge in [-0.2, -0.15) is 0 Å². The molecule has 19 heavy (non-hydrogen) atoms. The Morgan fingerprint density at radius 1 is 1.16 bits per heavy atom. The Morgan fingerprint density at radius 3 is 2.84 bits per heavy atom. The van der Waals surface area contributed by atoms with Gasteiger partial charge < -0.3 is 9.88 Å². The van der Waals surface area contributed by atoms with Crippen LogP contribution in [0.2, 0.25) is 0 Å². The summed E-state index contributed by atoms with van der Waals surface area (Å²) in [6.45, 7) is 1.94. The van der Waals surface area contributed by atoms with Gasteiger partial charge >= 0.3 is 0 Å². The van der Waals surface area contributed by atoms with Crippen LogP contribution in [0.3, 0.4) is 0 Å². The molecule has 2 aromatic rings. The highest BCUT2D eigenvalue weighted by molar-refractivity contribution is 5.80. The molecule has 1 aromatic carbocycles. The largest absolute Gasteiger partial charge is 0.346 e. The predicted octanol–water partition coefficient (Wildman–Crippen LogP) is 3.70. The number of fused-ring (bicyclic) bond motifs is 1. The smallest absolute Gasteiger partial charge is 0.123 e. The third-order valence-electron chi connectivity index (χ3n) is 4.12. The third-order valence-corrected chi connectivity index (χ3v) is 4.12. The molecule has 3 heteroatoms. The fourth-order valence-electron chi connectivity index (χ4n) is 3.06. The zero-order valence-corrected chi connectivity index (χ0v) is 11.2. The highest BCUT2D eigenvalue weighted by atomic mass is 19.1. The van der Waals surface area contributed by atoms with Crippen LogP contribution in [0.15, 0.2) is 30.5 Å². The molecule has 0 radical (unpaired) electrons. The lowest BCUT2D eigenvalue weighted by Gasteiger charge is -2.23. The number of benzene rings is 1. The predicted molar refractivity (Wildman–Crippen MR) is 76.8 cm³/mol. The molecule has 1 aliphatic rings. The van der Waals surface area contributed by atoms with Crippen molar-refractivity contribution < 1.29 is 4.39 Å². The highest BCUT2D eigenvalue weighted by Crippen LogP contribution is 2.18. The van der Waals surface area contributed by atoms with Crippen LogP contribution in [0.1, 0.15) is 32.1 Å².